The maximum absolute atomic E-state index is 13.0. The standard InChI is InChI=1S/C22H27N3O3S/c1-4-27-17-9-10-19(28-5-2)18(14-17)24-20(26)15-7-6-8-16(13-15)22(3)11-12-29-21(23)25-22/h6-10,13-14H,4-5,11-12H2,1-3H3,(H2,23,25)(H,24,26). The third-order valence-electron chi connectivity index (χ3n) is 4.75. The smallest absolute Gasteiger partial charge is 0.255 e. The number of ether oxygens (including phenoxy) is 2. The summed E-state index contributed by atoms with van der Waals surface area (Å²) in [5, 5.41) is 3.54. The van der Waals surface area contributed by atoms with Crippen molar-refractivity contribution in [2.45, 2.75) is 32.7 Å². The average Bonchev–Trinajstić information content (AvgIpc) is 2.70. The van der Waals surface area contributed by atoms with Gasteiger partial charge in [-0.05, 0) is 57.0 Å². The molecule has 1 aliphatic heterocycles. The van der Waals surface area contributed by atoms with E-state index in [-0.39, 0.29) is 5.91 Å². The lowest BCUT2D eigenvalue weighted by Crippen LogP contribution is -2.29. The molecule has 154 valence electrons. The van der Waals surface area contributed by atoms with Crippen LogP contribution in [0.4, 0.5) is 5.69 Å². The summed E-state index contributed by atoms with van der Waals surface area (Å²) in [7, 11) is 0. The van der Waals surface area contributed by atoms with E-state index in [9.17, 15) is 4.79 Å². The summed E-state index contributed by atoms with van der Waals surface area (Å²) in [6.45, 7) is 6.92. The Morgan fingerprint density at radius 3 is 2.72 bits per heavy atom. The Morgan fingerprint density at radius 1 is 1.21 bits per heavy atom. The number of thioether (sulfide) groups is 1. The summed E-state index contributed by atoms with van der Waals surface area (Å²) in [5.41, 5.74) is 7.63. The number of aliphatic imine (C=N–C) groups is 1. The molecule has 29 heavy (non-hydrogen) atoms. The molecule has 1 unspecified atom stereocenters. The number of amidine groups is 1. The number of hydrogen-bond donors (Lipinski definition) is 2. The van der Waals surface area contributed by atoms with Crippen molar-refractivity contribution >= 4 is 28.5 Å². The van der Waals surface area contributed by atoms with Crippen LogP contribution < -0.4 is 20.5 Å². The molecule has 1 atom stereocenters. The number of anilines is 1. The van der Waals surface area contributed by atoms with Gasteiger partial charge in [0.2, 0.25) is 0 Å². The van der Waals surface area contributed by atoms with Gasteiger partial charge >= 0.3 is 0 Å². The zero-order valence-corrected chi connectivity index (χ0v) is 17.8. The topological polar surface area (TPSA) is 85.9 Å². The quantitative estimate of drug-likeness (QED) is 0.702. The largest absolute Gasteiger partial charge is 0.494 e. The molecule has 3 N–H and O–H groups in total. The lowest BCUT2D eigenvalue weighted by molar-refractivity contribution is 0.102. The maximum atomic E-state index is 13.0. The Bertz CT molecular complexity index is 916. The number of nitrogens with zero attached hydrogens (tertiary/aromatic N) is 1. The lowest BCUT2D eigenvalue weighted by atomic mass is 9.88. The van der Waals surface area contributed by atoms with Crippen molar-refractivity contribution in [3.05, 3.63) is 53.6 Å². The first-order valence-corrected chi connectivity index (χ1v) is 10.7. The van der Waals surface area contributed by atoms with Gasteiger partial charge in [-0.25, -0.2) is 0 Å². The summed E-state index contributed by atoms with van der Waals surface area (Å²) >= 11 is 1.56. The number of benzene rings is 2. The van der Waals surface area contributed by atoms with Gasteiger partial charge in [-0.3, -0.25) is 9.79 Å². The van der Waals surface area contributed by atoms with Crippen molar-refractivity contribution in [2.75, 3.05) is 24.3 Å². The van der Waals surface area contributed by atoms with E-state index in [1.54, 1.807) is 30.0 Å². The van der Waals surface area contributed by atoms with Crippen LogP contribution in [-0.2, 0) is 5.54 Å². The maximum Gasteiger partial charge on any atom is 0.255 e. The third kappa shape index (κ3) is 5.03. The fraction of sp³-hybridized carbons (Fsp3) is 0.364. The highest BCUT2D eigenvalue weighted by Gasteiger charge is 2.30. The van der Waals surface area contributed by atoms with E-state index in [0.717, 1.165) is 17.7 Å². The van der Waals surface area contributed by atoms with Crippen molar-refractivity contribution in [1.29, 1.82) is 0 Å². The molecule has 0 saturated carbocycles. The minimum absolute atomic E-state index is 0.216. The van der Waals surface area contributed by atoms with E-state index < -0.39 is 5.54 Å². The fourth-order valence-corrected chi connectivity index (χ4v) is 4.20. The molecule has 6 nitrogen and oxygen atoms in total. The van der Waals surface area contributed by atoms with Gasteiger partial charge in [0.25, 0.3) is 5.91 Å². The van der Waals surface area contributed by atoms with Gasteiger partial charge in [-0.15, -0.1) is 0 Å². The molecule has 2 aromatic carbocycles. The van der Waals surface area contributed by atoms with Crippen LogP contribution in [0.1, 0.15) is 43.1 Å². The van der Waals surface area contributed by atoms with Crippen molar-refractivity contribution in [3.63, 3.8) is 0 Å². The molecule has 0 aliphatic carbocycles. The summed E-state index contributed by atoms with van der Waals surface area (Å²) < 4.78 is 11.2. The van der Waals surface area contributed by atoms with Crippen molar-refractivity contribution in [2.24, 2.45) is 10.7 Å². The number of hydrogen-bond acceptors (Lipinski definition) is 6. The Labute approximate surface area is 175 Å². The Morgan fingerprint density at radius 2 is 2.00 bits per heavy atom. The van der Waals surface area contributed by atoms with Gasteiger partial charge < -0.3 is 20.5 Å². The van der Waals surface area contributed by atoms with Crippen LogP contribution in [-0.4, -0.2) is 30.0 Å². The number of carbonyl (C=O) groups excluding carboxylic acids is 1. The second kappa shape index (κ2) is 9.22. The predicted octanol–water partition coefficient (Wildman–Crippen LogP) is 4.40. The average molecular weight is 414 g/mol. The van der Waals surface area contributed by atoms with Crippen LogP contribution in [0.25, 0.3) is 0 Å². The molecular weight excluding hydrogens is 386 g/mol. The van der Waals surface area contributed by atoms with Crippen LogP contribution in [0.15, 0.2) is 47.5 Å². The van der Waals surface area contributed by atoms with Crippen molar-refractivity contribution < 1.29 is 14.3 Å². The molecule has 1 heterocycles. The monoisotopic (exact) mass is 413 g/mol. The Kier molecular flexibility index (Phi) is 6.69. The molecule has 0 aromatic heterocycles. The predicted molar refractivity (Wildman–Crippen MR) is 119 cm³/mol. The molecule has 0 spiro atoms. The summed E-state index contributed by atoms with van der Waals surface area (Å²) in [4.78, 5) is 17.6. The molecule has 2 aromatic rings. The van der Waals surface area contributed by atoms with Crippen molar-refractivity contribution in [1.82, 2.24) is 0 Å². The molecule has 1 aliphatic rings. The first kappa shape index (κ1) is 21.0. The first-order chi connectivity index (χ1) is 13.9. The number of amides is 1. The second-order valence-corrected chi connectivity index (χ2v) is 8.00. The molecule has 0 fully saturated rings. The van der Waals surface area contributed by atoms with E-state index in [1.807, 2.05) is 38.1 Å². The third-order valence-corrected chi connectivity index (χ3v) is 5.55. The van der Waals surface area contributed by atoms with E-state index in [0.29, 0.717) is 41.1 Å². The molecule has 7 heteroatoms. The number of carbonyl (C=O) groups is 1. The summed E-state index contributed by atoms with van der Waals surface area (Å²) in [6.07, 6.45) is 0.869. The van der Waals surface area contributed by atoms with Gasteiger partial charge in [0, 0.05) is 17.4 Å². The summed E-state index contributed by atoms with van der Waals surface area (Å²) in [5.74, 6) is 1.97. The van der Waals surface area contributed by atoms with E-state index in [1.165, 1.54) is 0 Å². The van der Waals surface area contributed by atoms with E-state index >= 15 is 0 Å². The summed E-state index contributed by atoms with van der Waals surface area (Å²) in [6, 6.07) is 13.0. The van der Waals surface area contributed by atoms with Gasteiger partial charge in [0.1, 0.15) is 11.5 Å². The number of rotatable bonds is 7. The zero-order valence-electron chi connectivity index (χ0n) is 17.0. The number of nitrogens with one attached hydrogen (secondary N) is 1. The molecule has 0 saturated heterocycles. The van der Waals surface area contributed by atoms with Crippen LogP contribution >= 0.6 is 11.8 Å². The highest BCUT2D eigenvalue weighted by Crippen LogP contribution is 2.35. The minimum atomic E-state index is -0.420. The molecule has 0 bridgehead atoms. The highest BCUT2D eigenvalue weighted by atomic mass is 32.2. The molecular formula is C22H27N3O3S. The van der Waals surface area contributed by atoms with Gasteiger partial charge in [-0.1, -0.05) is 23.9 Å². The van der Waals surface area contributed by atoms with E-state index in [4.69, 9.17) is 15.2 Å². The lowest BCUT2D eigenvalue weighted by Gasteiger charge is -2.30. The fourth-order valence-electron chi connectivity index (χ4n) is 3.23. The minimum Gasteiger partial charge on any atom is -0.494 e. The van der Waals surface area contributed by atoms with Crippen LogP contribution in [0, 0.1) is 0 Å². The Balaban J connectivity index is 1.86. The van der Waals surface area contributed by atoms with Gasteiger partial charge in [0.05, 0.1) is 24.4 Å². The van der Waals surface area contributed by atoms with Crippen LogP contribution in [0.2, 0.25) is 0 Å². The first-order valence-electron chi connectivity index (χ1n) is 9.75. The van der Waals surface area contributed by atoms with Crippen LogP contribution in [0.3, 0.4) is 0 Å². The molecule has 1 amide bonds. The second-order valence-electron chi connectivity index (χ2n) is 6.88. The van der Waals surface area contributed by atoms with Gasteiger partial charge in [-0.2, -0.15) is 0 Å². The Hall–Kier alpha value is -2.67. The molecule has 0 radical (unpaired) electrons. The normalized spacial score (nSPS) is 18.7. The zero-order chi connectivity index (χ0) is 20.9. The van der Waals surface area contributed by atoms with E-state index in [2.05, 4.69) is 17.2 Å². The highest BCUT2D eigenvalue weighted by molar-refractivity contribution is 8.13. The van der Waals surface area contributed by atoms with Crippen molar-refractivity contribution in [3.8, 4) is 11.5 Å². The SMILES string of the molecule is CCOc1ccc(OCC)c(NC(=O)c2cccc(C3(C)CCSC(N)=N3)c2)c1. The molecule has 3 rings (SSSR count). The number of nitrogens with two attached hydrogens (primary N) is 1. The van der Waals surface area contributed by atoms with Gasteiger partial charge in [0.15, 0.2) is 5.17 Å². The van der Waals surface area contributed by atoms with Crippen LogP contribution in [0.5, 0.6) is 11.5 Å².